The lowest BCUT2D eigenvalue weighted by molar-refractivity contribution is -0.134. The zero-order chi connectivity index (χ0) is 20.3. The van der Waals surface area contributed by atoms with Gasteiger partial charge >= 0.3 is 0 Å². The highest BCUT2D eigenvalue weighted by atomic mass is 32.1. The van der Waals surface area contributed by atoms with Gasteiger partial charge in [-0.2, -0.15) is 0 Å². The summed E-state index contributed by atoms with van der Waals surface area (Å²) in [5, 5.41) is 7.26. The number of aryl methyl sites for hydroxylation is 2. The monoisotopic (exact) mass is 420 g/mol. The Bertz CT molecular complexity index is 729. The standard InChI is InChI=1S/C21H32N4O3S/c1-2-28-14-18(26)23-15-11-21(9-5-6-10-25(21)13-15)20(27)22-12-19-24-16-7-3-4-8-17(16)29-19/h15H,2-14H2,1H3,(H,22,27)(H,23,26)/t15-,21-/m0/s1. The number of hydrogen-bond acceptors (Lipinski definition) is 6. The SMILES string of the molecule is CCOCC(=O)N[C@@H]1CN2CCCC[C@@]2(C(=O)NCc2nc3c(s2)CCCC3)C1. The summed E-state index contributed by atoms with van der Waals surface area (Å²) in [4.78, 5) is 33.8. The number of fused-ring (bicyclic) bond motifs is 2. The Kier molecular flexibility index (Phi) is 6.51. The molecule has 4 rings (SSSR count). The third-order valence-electron chi connectivity index (χ3n) is 6.41. The number of thiazole rings is 1. The smallest absolute Gasteiger partial charge is 0.246 e. The molecule has 1 aromatic rings. The molecule has 0 unspecified atom stereocenters. The third-order valence-corrected chi connectivity index (χ3v) is 7.57. The molecule has 2 N–H and O–H groups in total. The topological polar surface area (TPSA) is 83.6 Å². The van der Waals surface area contributed by atoms with Crippen molar-refractivity contribution in [3.8, 4) is 0 Å². The fourth-order valence-electron chi connectivity index (χ4n) is 5.04. The highest BCUT2D eigenvalue weighted by Crippen LogP contribution is 2.38. The van der Waals surface area contributed by atoms with Gasteiger partial charge in [-0.15, -0.1) is 11.3 Å². The predicted octanol–water partition coefficient (Wildman–Crippen LogP) is 1.79. The first-order valence-corrected chi connectivity index (χ1v) is 11.8. The van der Waals surface area contributed by atoms with E-state index in [1.807, 2.05) is 6.92 Å². The van der Waals surface area contributed by atoms with Gasteiger partial charge in [0.15, 0.2) is 0 Å². The first kappa shape index (κ1) is 20.8. The molecule has 3 heterocycles. The van der Waals surface area contributed by atoms with E-state index in [-0.39, 0.29) is 24.5 Å². The van der Waals surface area contributed by atoms with Crippen LogP contribution in [0.1, 0.15) is 61.0 Å². The highest BCUT2D eigenvalue weighted by molar-refractivity contribution is 7.11. The van der Waals surface area contributed by atoms with Crippen LogP contribution in [0.4, 0.5) is 0 Å². The molecule has 2 aliphatic heterocycles. The number of nitrogens with zero attached hydrogens (tertiary/aromatic N) is 2. The van der Waals surface area contributed by atoms with E-state index in [0.29, 0.717) is 19.6 Å². The summed E-state index contributed by atoms with van der Waals surface area (Å²) in [7, 11) is 0. The number of carbonyl (C=O) groups excluding carboxylic acids is 2. The van der Waals surface area contributed by atoms with E-state index in [1.54, 1.807) is 11.3 Å². The van der Waals surface area contributed by atoms with Crippen molar-refractivity contribution in [1.82, 2.24) is 20.5 Å². The molecule has 2 amide bonds. The normalized spacial score (nSPS) is 26.6. The third kappa shape index (κ3) is 4.49. The van der Waals surface area contributed by atoms with Crippen molar-refractivity contribution in [2.75, 3.05) is 26.3 Å². The Hall–Kier alpha value is -1.51. The average Bonchev–Trinajstić information content (AvgIpc) is 3.31. The molecule has 29 heavy (non-hydrogen) atoms. The highest BCUT2D eigenvalue weighted by Gasteiger charge is 2.52. The molecular weight excluding hydrogens is 388 g/mol. The fourth-order valence-corrected chi connectivity index (χ4v) is 6.14. The Morgan fingerprint density at radius 1 is 1.28 bits per heavy atom. The van der Waals surface area contributed by atoms with Gasteiger partial charge in [-0.05, 0) is 64.8 Å². The largest absolute Gasteiger partial charge is 0.372 e. The van der Waals surface area contributed by atoms with E-state index in [4.69, 9.17) is 9.72 Å². The summed E-state index contributed by atoms with van der Waals surface area (Å²) >= 11 is 1.75. The van der Waals surface area contributed by atoms with Gasteiger partial charge in [-0.3, -0.25) is 14.5 Å². The molecule has 0 radical (unpaired) electrons. The van der Waals surface area contributed by atoms with Crippen molar-refractivity contribution in [1.29, 1.82) is 0 Å². The quantitative estimate of drug-likeness (QED) is 0.703. The maximum absolute atomic E-state index is 13.3. The molecule has 2 fully saturated rings. The number of carbonyl (C=O) groups is 2. The molecule has 8 heteroatoms. The summed E-state index contributed by atoms with van der Waals surface area (Å²) in [6.07, 6.45) is 8.34. The van der Waals surface area contributed by atoms with Crippen LogP contribution in [0, 0.1) is 0 Å². The first-order valence-electron chi connectivity index (χ1n) is 11.0. The molecule has 0 spiro atoms. The van der Waals surface area contributed by atoms with Crippen molar-refractivity contribution in [3.63, 3.8) is 0 Å². The summed E-state index contributed by atoms with van der Waals surface area (Å²) in [6.45, 7) is 4.64. The summed E-state index contributed by atoms with van der Waals surface area (Å²) < 4.78 is 5.21. The van der Waals surface area contributed by atoms with Crippen LogP contribution in [0.2, 0.25) is 0 Å². The molecule has 3 aliphatic rings. The van der Waals surface area contributed by atoms with Gasteiger partial charge < -0.3 is 15.4 Å². The van der Waals surface area contributed by atoms with Gasteiger partial charge in [0.05, 0.1) is 12.2 Å². The second-order valence-corrected chi connectivity index (χ2v) is 9.58. The van der Waals surface area contributed by atoms with Crippen LogP contribution in [-0.2, 0) is 33.7 Å². The maximum atomic E-state index is 13.3. The van der Waals surface area contributed by atoms with E-state index in [0.717, 1.165) is 50.2 Å². The predicted molar refractivity (Wildman–Crippen MR) is 112 cm³/mol. The van der Waals surface area contributed by atoms with Gasteiger partial charge in [-0.25, -0.2) is 4.98 Å². The zero-order valence-corrected chi connectivity index (χ0v) is 18.1. The second-order valence-electron chi connectivity index (χ2n) is 8.41. The van der Waals surface area contributed by atoms with Crippen molar-refractivity contribution in [3.05, 3.63) is 15.6 Å². The second kappa shape index (κ2) is 9.10. The minimum absolute atomic E-state index is 0.000942. The Labute approximate surface area is 176 Å². The maximum Gasteiger partial charge on any atom is 0.246 e. The van der Waals surface area contributed by atoms with Gasteiger partial charge in [0.1, 0.15) is 17.2 Å². The van der Waals surface area contributed by atoms with Crippen molar-refractivity contribution in [2.45, 2.75) is 76.4 Å². The number of hydrogen-bond donors (Lipinski definition) is 2. The van der Waals surface area contributed by atoms with Crippen LogP contribution in [0.25, 0.3) is 0 Å². The molecule has 1 aromatic heterocycles. The van der Waals surface area contributed by atoms with E-state index in [1.165, 1.54) is 23.4 Å². The van der Waals surface area contributed by atoms with Crippen molar-refractivity contribution in [2.24, 2.45) is 0 Å². The fraction of sp³-hybridized carbons (Fsp3) is 0.762. The molecular formula is C21H32N4O3S. The summed E-state index contributed by atoms with van der Waals surface area (Å²) in [5.74, 6) is -0.00690. The Morgan fingerprint density at radius 3 is 2.97 bits per heavy atom. The van der Waals surface area contributed by atoms with E-state index < -0.39 is 5.54 Å². The minimum Gasteiger partial charge on any atom is -0.372 e. The average molecular weight is 421 g/mol. The molecule has 0 bridgehead atoms. The minimum atomic E-state index is -0.501. The molecule has 160 valence electrons. The van der Waals surface area contributed by atoms with Crippen LogP contribution >= 0.6 is 11.3 Å². The molecule has 7 nitrogen and oxygen atoms in total. The Balaban J connectivity index is 1.38. The Morgan fingerprint density at radius 2 is 2.14 bits per heavy atom. The van der Waals surface area contributed by atoms with Crippen LogP contribution in [0.3, 0.4) is 0 Å². The van der Waals surface area contributed by atoms with Gasteiger partial charge in [-0.1, -0.05) is 0 Å². The number of ether oxygens (including phenoxy) is 1. The van der Waals surface area contributed by atoms with Crippen LogP contribution in [-0.4, -0.2) is 59.6 Å². The lowest BCUT2D eigenvalue weighted by Gasteiger charge is -2.40. The lowest BCUT2D eigenvalue weighted by atomic mass is 9.84. The number of piperidine rings is 1. The summed E-state index contributed by atoms with van der Waals surface area (Å²) in [5.41, 5.74) is 0.736. The van der Waals surface area contributed by atoms with Crippen LogP contribution in [0.5, 0.6) is 0 Å². The van der Waals surface area contributed by atoms with Gasteiger partial charge in [0, 0.05) is 24.1 Å². The van der Waals surface area contributed by atoms with Gasteiger partial charge in [0.25, 0.3) is 0 Å². The first-order chi connectivity index (χ1) is 14.1. The zero-order valence-electron chi connectivity index (χ0n) is 17.3. The molecule has 2 saturated heterocycles. The van der Waals surface area contributed by atoms with Gasteiger partial charge in [0.2, 0.25) is 11.8 Å². The van der Waals surface area contributed by atoms with E-state index in [2.05, 4.69) is 15.5 Å². The molecule has 2 atom stereocenters. The number of nitrogens with one attached hydrogen (secondary N) is 2. The molecule has 1 aliphatic carbocycles. The van der Waals surface area contributed by atoms with Crippen LogP contribution in [0.15, 0.2) is 0 Å². The summed E-state index contributed by atoms with van der Waals surface area (Å²) in [6, 6.07) is -0.000942. The van der Waals surface area contributed by atoms with Crippen LogP contribution < -0.4 is 10.6 Å². The number of aromatic nitrogens is 1. The number of rotatable bonds is 7. The molecule has 0 aromatic carbocycles. The van der Waals surface area contributed by atoms with E-state index in [9.17, 15) is 9.59 Å². The molecule has 0 saturated carbocycles. The van der Waals surface area contributed by atoms with Crippen molar-refractivity contribution < 1.29 is 14.3 Å². The lowest BCUT2D eigenvalue weighted by Crippen LogP contribution is -2.57. The number of amides is 2. The van der Waals surface area contributed by atoms with E-state index >= 15 is 0 Å². The van der Waals surface area contributed by atoms with Crippen molar-refractivity contribution >= 4 is 23.2 Å².